The molecule has 1 aliphatic carbocycles. The second-order valence-corrected chi connectivity index (χ2v) is 13.5. The molecule has 230 valence electrons. The van der Waals surface area contributed by atoms with Gasteiger partial charge in [-0.1, -0.05) is 12.8 Å². The lowest BCUT2D eigenvalue weighted by Gasteiger charge is -2.11. The number of nitrogens with one attached hydrogen (secondary N) is 4. The number of rotatable bonds is 10. The zero-order valence-electron chi connectivity index (χ0n) is 24.6. The molecule has 0 atom stereocenters. The predicted molar refractivity (Wildman–Crippen MR) is 171 cm³/mol. The number of halogens is 1. The summed E-state index contributed by atoms with van der Waals surface area (Å²) in [6, 6.07) is 8.48. The number of hydrogen-bond donors (Lipinski definition) is 4. The van der Waals surface area contributed by atoms with Crippen molar-refractivity contribution in [2.45, 2.75) is 38.8 Å². The minimum absolute atomic E-state index is 0.0379. The van der Waals surface area contributed by atoms with Gasteiger partial charge < -0.3 is 10.3 Å². The molecule has 45 heavy (non-hydrogen) atoms. The SMILES string of the molecule is CS(=O)(=O)NCc1cc(F)cc(-c2cncc3[nH]c(-c4n[nH]c5cnc(-c6cncc(CNCC7CCCC7)c6)cc45)nc23)c1. The fourth-order valence-corrected chi connectivity index (χ4v) is 6.42. The highest BCUT2D eigenvalue weighted by atomic mass is 32.2. The van der Waals surface area contributed by atoms with Crippen LogP contribution in [0.5, 0.6) is 0 Å². The molecule has 0 radical (unpaired) electrons. The first-order valence-electron chi connectivity index (χ1n) is 14.9. The summed E-state index contributed by atoms with van der Waals surface area (Å²) in [5.74, 6) is 0.790. The topological polar surface area (TPSA) is 154 Å². The van der Waals surface area contributed by atoms with Crippen LogP contribution in [-0.4, -0.2) is 56.3 Å². The lowest BCUT2D eigenvalue weighted by atomic mass is 10.0. The number of pyridine rings is 3. The molecular weight excluding hydrogens is 593 g/mol. The second-order valence-electron chi connectivity index (χ2n) is 11.7. The van der Waals surface area contributed by atoms with Gasteiger partial charge in [0.1, 0.15) is 11.5 Å². The molecule has 7 rings (SSSR count). The zero-order chi connectivity index (χ0) is 31.0. The second kappa shape index (κ2) is 12.1. The third-order valence-corrected chi connectivity index (χ3v) is 8.87. The number of hydrogen-bond acceptors (Lipinski definition) is 8. The highest BCUT2D eigenvalue weighted by molar-refractivity contribution is 7.88. The first-order valence-corrected chi connectivity index (χ1v) is 16.8. The summed E-state index contributed by atoms with van der Waals surface area (Å²) in [6.45, 7) is 1.75. The number of sulfonamides is 1. The summed E-state index contributed by atoms with van der Waals surface area (Å²) in [4.78, 5) is 21.6. The van der Waals surface area contributed by atoms with Crippen LogP contribution < -0.4 is 10.0 Å². The van der Waals surface area contributed by atoms with E-state index in [0.717, 1.165) is 53.0 Å². The minimum Gasteiger partial charge on any atom is -0.335 e. The predicted octanol–water partition coefficient (Wildman–Crippen LogP) is 5.09. The van der Waals surface area contributed by atoms with Gasteiger partial charge >= 0.3 is 0 Å². The first-order chi connectivity index (χ1) is 21.8. The van der Waals surface area contributed by atoms with E-state index in [2.05, 4.69) is 46.2 Å². The summed E-state index contributed by atoms with van der Waals surface area (Å²) < 4.78 is 40.2. The van der Waals surface area contributed by atoms with Crippen LogP contribution in [0.4, 0.5) is 4.39 Å². The van der Waals surface area contributed by atoms with Crippen molar-refractivity contribution in [2.75, 3.05) is 12.8 Å². The van der Waals surface area contributed by atoms with Gasteiger partial charge in [0.2, 0.25) is 10.0 Å². The quantitative estimate of drug-likeness (QED) is 0.164. The van der Waals surface area contributed by atoms with Gasteiger partial charge in [0, 0.05) is 48.2 Å². The Labute approximate surface area is 259 Å². The van der Waals surface area contributed by atoms with Crippen molar-refractivity contribution in [3.8, 4) is 33.9 Å². The van der Waals surface area contributed by atoms with Gasteiger partial charge in [-0.25, -0.2) is 22.5 Å². The van der Waals surface area contributed by atoms with E-state index in [0.29, 0.717) is 39.2 Å². The van der Waals surface area contributed by atoms with Gasteiger partial charge in [-0.15, -0.1) is 0 Å². The van der Waals surface area contributed by atoms with Gasteiger partial charge in [0.15, 0.2) is 5.82 Å². The van der Waals surface area contributed by atoms with E-state index in [1.165, 1.54) is 37.8 Å². The van der Waals surface area contributed by atoms with Gasteiger partial charge in [-0.05, 0) is 72.3 Å². The Morgan fingerprint density at radius 3 is 2.58 bits per heavy atom. The number of H-pyrrole nitrogens is 2. The van der Waals surface area contributed by atoms with Crippen molar-refractivity contribution in [1.29, 1.82) is 0 Å². The lowest BCUT2D eigenvalue weighted by molar-refractivity contribution is 0.489. The largest absolute Gasteiger partial charge is 0.335 e. The third kappa shape index (κ3) is 6.46. The third-order valence-electron chi connectivity index (χ3n) is 8.20. The highest BCUT2D eigenvalue weighted by Crippen LogP contribution is 2.33. The van der Waals surface area contributed by atoms with Crippen LogP contribution in [-0.2, 0) is 23.1 Å². The first kappa shape index (κ1) is 29.1. The molecule has 0 unspecified atom stereocenters. The van der Waals surface area contributed by atoms with Crippen LogP contribution in [0.2, 0.25) is 0 Å². The van der Waals surface area contributed by atoms with Crippen molar-refractivity contribution in [3.05, 3.63) is 78.3 Å². The number of aromatic nitrogens is 7. The van der Waals surface area contributed by atoms with E-state index >= 15 is 0 Å². The molecule has 1 aliphatic rings. The lowest BCUT2D eigenvalue weighted by Crippen LogP contribution is -2.21. The molecule has 0 amide bonds. The van der Waals surface area contributed by atoms with E-state index in [4.69, 9.17) is 4.98 Å². The number of benzene rings is 1. The van der Waals surface area contributed by atoms with E-state index < -0.39 is 15.8 Å². The summed E-state index contributed by atoms with van der Waals surface area (Å²) in [7, 11) is -3.44. The normalized spacial score (nSPS) is 14.2. The molecule has 1 aromatic carbocycles. The van der Waals surface area contributed by atoms with Crippen molar-refractivity contribution in [2.24, 2.45) is 5.92 Å². The smallest absolute Gasteiger partial charge is 0.209 e. The fourth-order valence-electron chi connectivity index (χ4n) is 5.99. The van der Waals surface area contributed by atoms with Gasteiger partial charge in [0.25, 0.3) is 0 Å². The zero-order valence-corrected chi connectivity index (χ0v) is 25.5. The summed E-state index contributed by atoms with van der Waals surface area (Å²) in [6.07, 6.45) is 15.1. The van der Waals surface area contributed by atoms with E-state index in [1.54, 1.807) is 24.7 Å². The van der Waals surface area contributed by atoms with Crippen LogP contribution in [0.15, 0.2) is 61.3 Å². The Bertz CT molecular complexity index is 2120. The molecule has 5 heterocycles. The van der Waals surface area contributed by atoms with Crippen molar-refractivity contribution in [1.82, 2.24) is 45.2 Å². The van der Waals surface area contributed by atoms with Crippen LogP contribution in [0.3, 0.4) is 0 Å². The van der Waals surface area contributed by atoms with E-state index in [-0.39, 0.29) is 6.54 Å². The van der Waals surface area contributed by atoms with Crippen LogP contribution in [0.1, 0.15) is 36.8 Å². The monoisotopic (exact) mass is 625 g/mol. The summed E-state index contributed by atoms with van der Waals surface area (Å²) >= 11 is 0. The van der Waals surface area contributed by atoms with E-state index in [1.807, 2.05) is 18.5 Å². The average Bonchev–Trinajstić information content (AvgIpc) is 3.79. The standard InChI is InChI=1S/C32H32FN9O2S/c1-45(43,44)38-14-20-6-22(9-24(33)8-20)26-16-36-17-29-30(26)40-32(39-29)31-25-10-27(37-18-28(25)41-42-31)23-7-21(13-35-15-23)12-34-11-19-4-2-3-5-19/h6-10,13,15-19,34,38H,2-5,11-12,14H2,1H3,(H,39,40)(H,41,42). The van der Waals surface area contributed by atoms with Crippen molar-refractivity contribution >= 4 is 32.0 Å². The van der Waals surface area contributed by atoms with Crippen molar-refractivity contribution in [3.63, 3.8) is 0 Å². The van der Waals surface area contributed by atoms with Crippen LogP contribution >= 0.6 is 0 Å². The fraction of sp³-hybridized carbons (Fsp3) is 0.281. The average molecular weight is 626 g/mol. The molecule has 4 N–H and O–H groups in total. The van der Waals surface area contributed by atoms with E-state index in [9.17, 15) is 12.8 Å². The molecule has 0 spiro atoms. The molecule has 1 fully saturated rings. The molecule has 5 aromatic heterocycles. The number of aromatic amines is 2. The molecule has 13 heteroatoms. The van der Waals surface area contributed by atoms with Crippen molar-refractivity contribution < 1.29 is 12.8 Å². The Kier molecular flexibility index (Phi) is 7.81. The maximum atomic E-state index is 14.6. The molecule has 1 saturated carbocycles. The van der Waals surface area contributed by atoms with Gasteiger partial charge in [-0.2, -0.15) is 5.10 Å². The Hall–Kier alpha value is -4.59. The minimum atomic E-state index is -3.44. The number of nitrogens with zero attached hydrogens (tertiary/aromatic N) is 5. The maximum absolute atomic E-state index is 14.6. The Morgan fingerprint density at radius 2 is 1.73 bits per heavy atom. The molecule has 0 saturated heterocycles. The summed E-state index contributed by atoms with van der Waals surface area (Å²) in [5.41, 5.74) is 6.97. The Morgan fingerprint density at radius 1 is 0.911 bits per heavy atom. The molecule has 0 bridgehead atoms. The van der Waals surface area contributed by atoms with Gasteiger partial charge in [-0.3, -0.25) is 20.1 Å². The van der Waals surface area contributed by atoms with Crippen LogP contribution in [0.25, 0.3) is 55.8 Å². The highest BCUT2D eigenvalue weighted by Gasteiger charge is 2.18. The molecule has 6 aromatic rings. The van der Waals surface area contributed by atoms with Gasteiger partial charge in [0.05, 0.1) is 40.9 Å². The number of fused-ring (bicyclic) bond motifs is 2. The summed E-state index contributed by atoms with van der Waals surface area (Å²) in [5, 5.41) is 12.0. The molecular formula is C32H32FN9O2S. The number of imidazole rings is 1. The van der Waals surface area contributed by atoms with Crippen LogP contribution in [0, 0.1) is 11.7 Å². The molecule has 0 aliphatic heterocycles. The maximum Gasteiger partial charge on any atom is 0.209 e. The Balaban J connectivity index is 1.19. The molecule has 11 nitrogen and oxygen atoms in total.